The second kappa shape index (κ2) is 62.2. The third-order valence-electron chi connectivity index (χ3n) is 0.109. The monoisotopic (exact) mass is 501 g/mol. The fraction of sp³-hybridized carbons (Fsp3) is 0.444. The van der Waals surface area contributed by atoms with Crippen LogP contribution >= 0.6 is 45.2 Å². The van der Waals surface area contributed by atoms with E-state index in [0.29, 0.717) is 8.86 Å². The molecule has 0 amide bonds. The Morgan fingerprint density at radius 2 is 1.00 bits per heavy atom. The summed E-state index contributed by atoms with van der Waals surface area (Å²) in [6.07, 6.45) is 5.58. The molecule has 0 spiro atoms. The summed E-state index contributed by atoms with van der Waals surface area (Å²) in [6.45, 7) is 8.07. The number of carbonyl (C=O) groups excluding carboxylic acids is 3. The van der Waals surface area contributed by atoms with Gasteiger partial charge in [-0.25, -0.2) is 0 Å². The Balaban J connectivity index is -0.0000000202. The summed E-state index contributed by atoms with van der Waals surface area (Å²) >= 11 is 3.86. The van der Waals surface area contributed by atoms with Gasteiger partial charge in [0.05, 0.1) is 0 Å². The Morgan fingerprint density at radius 1 is 0.938 bits per heavy atom. The summed E-state index contributed by atoms with van der Waals surface area (Å²) in [6, 6.07) is 0. The van der Waals surface area contributed by atoms with Gasteiger partial charge in [-0.3, -0.25) is 18.9 Å². The van der Waals surface area contributed by atoms with E-state index in [1.165, 1.54) is 13.2 Å². The first-order valence-corrected chi connectivity index (χ1v) is 6.41. The number of rotatable bonds is 2. The summed E-state index contributed by atoms with van der Waals surface area (Å²) in [5.74, 6) is 0. The number of hydrogen-bond donors (Lipinski definition) is 0. The van der Waals surface area contributed by atoms with Crippen molar-refractivity contribution in [3.63, 3.8) is 0 Å². The normalized spacial score (nSPS) is 5.06. The molecule has 0 aromatic carbocycles. The molecule has 3 nitrogen and oxygen atoms in total. The van der Waals surface area contributed by atoms with Crippen molar-refractivity contribution in [2.45, 2.75) is 13.3 Å². The van der Waals surface area contributed by atoms with Crippen LogP contribution in [0.15, 0.2) is 0 Å². The van der Waals surface area contributed by atoms with Crippen LogP contribution in [0.4, 0.5) is 0 Å². The minimum Gasteiger partial charge on any atom is -0.542 e. The molecule has 0 saturated carbocycles. The van der Waals surface area contributed by atoms with E-state index in [-0.39, 0.29) is 103 Å². The molecule has 86 valence electrons. The summed E-state index contributed by atoms with van der Waals surface area (Å²) < 4.78 is 0.968. The zero-order valence-corrected chi connectivity index (χ0v) is 20.6. The zero-order chi connectivity index (χ0) is 12.2. The average Bonchev–Trinajstić information content (AvgIpc) is 2.20. The van der Waals surface area contributed by atoms with E-state index in [4.69, 9.17) is 14.4 Å². The van der Waals surface area contributed by atoms with Crippen molar-refractivity contribution in [2.24, 2.45) is 0 Å². The Bertz CT molecular complexity index is 98.8. The van der Waals surface area contributed by atoms with Crippen LogP contribution in [0.3, 0.4) is 0 Å². The minimum atomic E-state index is 0. The van der Waals surface area contributed by atoms with Gasteiger partial charge in [0.15, 0.2) is 0 Å². The van der Waals surface area contributed by atoms with Gasteiger partial charge in [-0.05, 0) is 0 Å². The van der Waals surface area contributed by atoms with Crippen LogP contribution < -0.4 is 103 Å². The van der Waals surface area contributed by atoms with Gasteiger partial charge in [0.1, 0.15) is 0 Å². The van der Waals surface area contributed by atoms with Crippen LogP contribution in [0, 0.1) is 13.8 Å². The largest absolute Gasteiger partial charge is 1.00 e. The molecule has 0 radical (unpaired) electrons. The molecule has 0 N–H and O–H groups in total. The van der Waals surface area contributed by atoms with E-state index in [2.05, 4.69) is 13.8 Å². The maximum atomic E-state index is 9.04. The standard InChI is InChI=1S/C3H6.2C2H2IO.C2H3O.2K/c1-3-2;2*3-1-2-4;1-2-3;;/h1-3H2;2*1H2;1H3;;/q-2;3*-1;2*+1. The summed E-state index contributed by atoms with van der Waals surface area (Å²) in [4.78, 5) is 26.8. The van der Waals surface area contributed by atoms with Gasteiger partial charge < -0.3 is 34.7 Å². The fourth-order valence-corrected chi connectivity index (χ4v) is 0. The Labute approximate surface area is 212 Å². The Morgan fingerprint density at radius 3 is 1.00 bits per heavy atom. The molecule has 0 bridgehead atoms. The van der Waals surface area contributed by atoms with E-state index in [1.54, 1.807) is 12.6 Å². The molecule has 0 saturated heterocycles. The SMILES string of the molecule is C[C-]=O.O=[C-]CI.O=[C-]CI.[CH2-]C[CH2-].[K+].[K+]. The van der Waals surface area contributed by atoms with E-state index >= 15 is 0 Å². The molecule has 0 aromatic rings. The molecular weight excluding hydrogens is 488 g/mol. The van der Waals surface area contributed by atoms with Crippen molar-refractivity contribution in [1.82, 2.24) is 0 Å². The van der Waals surface area contributed by atoms with Crippen molar-refractivity contribution in [2.75, 3.05) is 8.86 Å². The van der Waals surface area contributed by atoms with Gasteiger partial charge in [0.2, 0.25) is 0 Å². The first-order chi connectivity index (χ1) is 6.66. The maximum Gasteiger partial charge on any atom is 1.00 e. The molecule has 0 aliphatic rings. The topological polar surface area (TPSA) is 51.2 Å². The van der Waals surface area contributed by atoms with Crippen LogP contribution in [0.2, 0.25) is 0 Å². The van der Waals surface area contributed by atoms with Crippen molar-refractivity contribution >= 4 is 64.0 Å². The van der Waals surface area contributed by atoms with Crippen LogP contribution in [-0.4, -0.2) is 27.7 Å². The molecule has 0 heterocycles. The summed E-state index contributed by atoms with van der Waals surface area (Å²) in [5.41, 5.74) is 0. The van der Waals surface area contributed by atoms with Crippen molar-refractivity contribution in [3.05, 3.63) is 13.8 Å². The third kappa shape index (κ3) is 151. The van der Waals surface area contributed by atoms with E-state index in [9.17, 15) is 0 Å². The van der Waals surface area contributed by atoms with Crippen LogP contribution in [0.1, 0.15) is 13.3 Å². The van der Waals surface area contributed by atoms with E-state index < -0.39 is 0 Å². The first-order valence-electron chi connectivity index (χ1n) is 3.35. The van der Waals surface area contributed by atoms with Gasteiger partial charge >= 0.3 is 103 Å². The Hall–Kier alpha value is 3.74. The third-order valence-corrected chi connectivity index (χ3v) is 0.732. The molecule has 0 atom stereocenters. The van der Waals surface area contributed by atoms with Crippen LogP contribution in [-0.2, 0) is 14.4 Å². The zero-order valence-electron chi connectivity index (χ0n) is 10.0. The van der Waals surface area contributed by atoms with Crippen molar-refractivity contribution in [1.29, 1.82) is 0 Å². The van der Waals surface area contributed by atoms with Gasteiger partial charge in [-0.15, -0.1) is 45.2 Å². The minimum absolute atomic E-state index is 0. The predicted octanol–water partition coefficient (Wildman–Crippen LogP) is -3.77. The van der Waals surface area contributed by atoms with Gasteiger partial charge in [0, 0.05) is 0 Å². The molecule has 0 unspecified atom stereocenters. The van der Waals surface area contributed by atoms with Crippen molar-refractivity contribution in [3.8, 4) is 0 Å². The summed E-state index contributed by atoms with van der Waals surface area (Å²) in [5, 5.41) is 0. The average molecular weight is 501 g/mol. The molecule has 0 aliphatic heterocycles. The quantitative estimate of drug-likeness (QED) is 0.169. The molecule has 16 heavy (non-hydrogen) atoms. The predicted molar refractivity (Wildman–Crippen MR) is 75.9 cm³/mol. The van der Waals surface area contributed by atoms with Crippen molar-refractivity contribution < 1.29 is 117 Å². The molecule has 7 heteroatoms. The number of hydrogen-bond acceptors (Lipinski definition) is 3. The molecule has 0 aliphatic carbocycles. The maximum absolute atomic E-state index is 9.04. The smallest absolute Gasteiger partial charge is 0.542 e. The number of halogens is 2. The number of alkyl halides is 2. The Kier molecular flexibility index (Phi) is 143. The van der Waals surface area contributed by atoms with Gasteiger partial charge in [-0.1, -0.05) is 8.86 Å². The van der Waals surface area contributed by atoms with Crippen LogP contribution in [0.25, 0.3) is 0 Å². The van der Waals surface area contributed by atoms with E-state index in [0.717, 1.165) is 6.42 Å². The molecular formula is C9H13I2K2O3-3. The van der Waals surface area contributed by atoms with Gasteiger partial charge in [-0.2, -0.15) is 6.92 Å². The molecule has 0 aromatic heterocycles. The molecule has 0 rings (SSSR count). The van der Waals surface area contributed by atoms with Crippen LogP contribution in [0.5, 0.6) is 0 Å². The van der Waals surface area contributed by atoms with E-state index in [1.807, 2.05) is 45.2 Å². The molecule has 0 fully saturated rings. The first kappa shape index (κ1) is 36.7. The second-order valence-electron chi connectivity index (χ2n) is 1.11. The second-order valence-corrected chi connectivity index (χ2v) is 2.64. The summed E-state index contributed by atoms with van der Waals surface area (Å²) in [7, 11) is 0. The van der Waals surface area contributed by atoms with Gasteiger partial charge in [0.25, 0.3) is 0 Å². The fourth-order valence-electron chi connectivity index (χ4n) is 0.